The number of terminal acetylenes is 1. The molecule has 27 heavy (non-hydrogen) atoms. The number of fused-ring (bicyclic) bond motifs is 1. The maximum absolute atomic E-state index is 12.4. The van der Waals surface area contributed by atoms with Crippen LogP contribution in [0.3, 0.4) is 0 Å². The van der Waals surface area contributed by atoms with Crippen molar-refractivity contribution < 1.29 is 9.59 Å². The third-order valence-electron chi connectivity index (χ3n) is 3.41. The van der Waals surface area contributed by atoms with E-state index in [1.165, 1.54) is 6.92 Å². The molecule has 1 heterocycles. The normalized spacial score (nSPS) is 12.0. The summed E-state index contributed by atoms with van der Waals surface area (Å²) in [7, 11) is 0. The molecular formula is C19H23N3O2S3. The first-order chi connectivity index (χ1) is 12.9. The zero-order valence-corrected chi connectivity index (χ0v) is 18.0. The molecule has 1 atom stereocenters. The molecule has 0 aliphatic heterocycles. The number of hydrogen-bond acceptors (Lipinski definition) is 6. The summed E-state index contributed by atoms with van der Waals surface area (Å²) < 4.78 is 2.04. The van der Waals surface area contributed by atoms with Crippen LogP contribution in [0.25, 0.3) is 10.2 Å². The van der Waals surface area contributed by atoms with Crippen molar-refractivity contribution in [3.63, 3.8) is 0 Å². The minimum atomic E-state index is -0.741. The zero-order chi connectivity index (χ0) is 19.8. The first kappa shape index (κ1) is 21.6. The predicted octanol–water partition coefficient (Wildman–Crippen LogP) is 4.00. The Hall–Kier alpha value is -1.69. The van der Waals surface area contributed by atoms with Crippen molar-refractivity contribution in [2.24, 2.45) is 0 Å². The van der Waals surface area contributed by atoms with Crippen molar-refractivity contribution in [1.29, 1.82) is 0 Å². The molecule has 8 heteroatoms. The van der Waals surface area contributed by atoms with Gasteiger partial charge in [-0.2, -0.15) is 11.8 Å². The van der Waals surface area contributed by atoms with Crippen LogP contribution in [0, 0.1) is 12.3 Å². The molecule has 0 bridgehead atoms. The second-order valence-corrected chi connectivity index (χ2v) is 10.1. The Morgan fingerprint density at radius 2 is 2.11 bits per heavy atom. The van der Waals surface area contributed by atoms with Gasteiger partial charge >= 0.3 is 0 Å². The van der Waals surface area contributed by atoms with E-state index in [0.29, 0.717) is 10.9 Å². The monoisotopic (exact) mass is 421 g/mol. The fourth-order valence-corrected chi connectivity index (χ4v) is 5.28. The summed E-state index contributed by atoms with van der Waals surface area (Å²) in [6, 6.07) is 4.86. The van der Waals surface area contributed by atoms with Gasteiger partial charge in [0.05, 0.1) is 10.2 Å². The molecule has 2 N–H and O–H groups in total. The molecule has 0 saturated heterocycles. The van der Waals surface area contributed by atoms with Crippen LogP contribution in [-0.2, 0) is 9.59 Å². The zero-order valence-electron chi connectivity index (χ0n) is 15.6. The highest BCUT2D eigenvalue weighted by atomic mass is 32.2. The van der Waals surface area contributed by atoms with Gasteiger partial charge in [0.15, 0.2) is 4.34 Å². The number of nitrogens with one attached hydrogen (secondary N) is 2. The van der Waals surface area contributed by atoms with Crippen LogP contribution >= 0.6 is 34.9 Å². The van der Waals surface area contributed by atoms with Gasteiger partial charge < -0.3 is 10.6 Å². The Labute approximate surface area is 172 Å². The van der Waals surface area contributed by atoms with Crippen LogP contribution < -0.4 is 10.6 Å². The Morgan fingerprint density at radius 1 is 1.33 bits per heavy atom. The fourth-order valence-electron chi connectivity index (χ4n) is 2.26. The summed E-state index contributed by atoms with van der Waals surface area (Å²) in [5.74, 6) is 3.92. The van der Waals surface area contributed by atoms with Crippen molar-refractivity contribution in [2.45, 2.75) is 42.8 Å². The van der Waals surface area contributed by atoms with E-state index in [1.54, 1.807) is 23.1 Å². The SMILES string of the molecule is C#CCC(NC(C)=O)C(=O)Nc1ccc2nc(SCCSC(C)C)sc2c1. The predicted molar refractivity (Wildman–Crippen MR) is 118 cm³/mol. The number of aromatic nitrogens is 1. The van der Waals surface area contributed by atoms with E-state index in [-0.39, 0.29) is 18.2 Å². The van der Waals surface area contributed by atoms with E-state index in [2.05, 4.69) is 35.4 Å². The van der Waals surface area contributed by atoms with E-state index in [1.807, 2.05) is 30.0 Å². The number of nitrogens with zero attached hydrogens (tertiary/aromatic N) is 1. The van der Waals surface area contributed by atoms with Gasteiger partial charge in [-0.05, 0) is 23.4 Å². The van der Waals surface area contributed by atoms with Crippen molar-refractivity contribution in [3.05, 3.63) is 18.2 Å². The molecule has 2 amide bonds. The van der Waals surface area contributed by atoms with Gasteiger partial charge in [-0.3, -0.25) is 9.59 Å². The smallest absolute Gasteiger partial charge is 0.247 e. The second kappa shape index (κ2) is 10.6. The highest BCUT2D eigenvalue weighted by molar-refractivity contribution is 8.04. The van der Waals surface area contributed by atoms with Gasteiger partial charge in [-0.15, -0.1) is 23.7 Å². The number of rotatable bonds is 9. The lowest BCUT2D eigenvalue weighted by molar-refractivity contribution is -0.125. The molecule has 2 aromatic rings. The van der Waals surface area contributed by atoms with E-state index in [0.717, 1.165) is 26.1 Å². The van der Waals surface area contributed by atoms with Gasteiger partial charge in [-0.1, -0.05) is 25.6 Å². The summed E-state index contributed by atoms with van der Waals surface area (Å²) in [4.78, 5) is 28.2. The summed E-state index contributed by atoms with van der Waals surface area (Å²) in [6.07, 6.45) is 5.43. The summed E-state index contributed by atoms with van der Waals surface area (Å²) in [6.45, 7) is 5.75. The van der Waals surface area contributed by atoms with Gasteiger partial charge in [0, 0.05) is 30.5 Å². The summed E-state index contributed by atoms with van der Waals surface area (Å²) in [5, 5.41) is 6.03. The summed E-state index contributed by atoms with van der Waals surface area (Å²) >= 11 is 5.31. The molecule has 144 valence electrons. The number of thiazole rings is 1. The number of anilines is 1. The highest BCUT2D eigenvalue weighted by Gasteiger charge is 2.18. The molecule has 0 fully saturated rings. The van der Waals surface area contributed by atoms with E-state index in [4.69, 9.17) is 6.42 Å². The fraction of sp³-hybridized carbons (Fsp3) is 0.421. The maximum Gasteiger partial charge on any atom is 0.247 e. The van der Waals surface area contributed by atoms with Crippen molar-refractivity contribution in [3.8, 4) is 12.3 Å². The second-order valence-electron chi connectivity index (χ2n) is 6.08. The first-order valence-corrected chi connectivity index (χ1v) is 11.4. The van der Waals surface area contributed by atoms with Crippen molar-refractivity contribution in [2.75, 3.05) is 16.8 Å². The van der Waals surface area contributed by atoms with E-state index in [9.17, 15) is 9.59 Å². The van der Waals surface area contributed by atoms with Gasteiger partial charge in [0.25, 0.3) is 0 Å². The lowest BCUT2D eigenvalue weighted by atomic mass is 10.2. The standard InChI is InChI=1S/C19H23N3O2S3/c1-5-6-16(20-13(4)23)18(24)21-14-7-8-15-17(11-14)27-19(22-15)26-10-9-25-12(2)3/h1,7-8,11-12,16H,6,9-10H2,2-4H3,(H,20,23)(H,21,24). The Bertz CT molecular complexity index is 842. The highest BCUT2D eigenvalue weighted by Crippen LogP contribution is 2.31. The number of benzene rings is 1. The van der Waals surface area contributed by atoms with Crippen LogP contribution in [0.1, 0.15) is 27.2 Å². The number of hydrogen-bond donors (Lipinski definition) is 2. The first-order valence-electron chi connectivity index (χ1n) is 8.55. The van der Waals surface area contributed by atoms with Crippen LogP contribution in [0.2, 0.25) is 0 Å². The van der Waals surface area contributed by atoms with Crippen molar-refractivity contribution >= 4 is 62.6 Å². The quantitative estimate of drug-likeness (QED) is 0.364. The van der Waals surface area contributed by atoms with Gasteiger partial charge in [0.2, 0.25) is 11.8 Å². The topological polar surface area (TPSA) is 71.1 Å². The van der Waals surface area contributed by atoms with Crippen LogP contribution in [0.5, 0.6) is 0 Å². The number of carbonyl (C=O) groups is 2. The third kappa shape index (κ3) is 7.09. The molecule has 5 nitrogen and oxygen atoms in total. The summed E-state index contributed by atoms with van der Waals surface area (Å²) in [5.41, 5.74) is 1.58. The molecule has 0 spiro atoms. The molecule has 0 saturated carbocycles. The molecule has 1 aromatic heterocycles. The largest absolute Gasteiger partial charge is 0.344 e. The average Bonchev–Trinajstić information content (AvgIpc) is 3.00. The Balaban J connectivity index is 2.01. The third-order valence-corrected chi connectivity index (χ3v) is 6.94. The molecule has 1 aromatic carbocycles. The van der Waals surface area contributed by atoms with Crippen LogP contribution in [0.4, 0.5) is 5.69 Å². The number of carbonyl (C=O) groups excluding carboxylic acids is 2. The van der Waals surface area contributed by atoms with E-state index < -0.39 is 6.04 Å². The Morgan fingerprint density at radius 3 is 2.78 bits per heavy atom. The lowest BCUT2D eigenvalue weighted by Gasteiger charge is -2.15. The van der Waals surface area contributed by atoms with Gasteiger partial charge in [-0.25, -0.2) is 4.98 Å². The molecule has 2 rings (SSSR count). The maximum atomic E-state index is 12.4. The molecular weight excluding hydrogens is 398 g/mol. The average molecular weight is 422 g/mol. The molecule has 0 aliphatic rings. The van der Waals surface area contributed by atoms with Crippen LogP contribution in [0.15, 0.2) is 22.5 Å². The lowest BCUT2D eigenvalue weighted by Crippen LogP contribution is -2.42. The Kier molecular flexibility index (Phi) is 8.48. The molecule has 0 aliphatic carbocycles. The van der Waals surface area contributed by atoms with Crippen molar-refractivity contribution in [1.82, 2.24) is 10.3 Å². The van der Waals surface area contributed by atoms with E-state index >= 15 is 0 Å². The number of amides is 2. The van der Waals surface area contributed by atoms with Gasteiger partial charge in [0.1, 0.15) is 6.04 Å². The minimum Gasteiger partial charge on any atom is -0.344 e. The van der Waals surface area contributed by atoms with Crippen LogP contribution in [-0.4, -0.2) is 39.6 Å². The molecule has 1 unspecified atom stereocenters. The molecule has 0 radical (unpaired) electrons. The minimum absolute atomic E-state index is 0.142. The number of thioether (sulfide) groups is 2.